The number of hydrogen-bond donors (Lipinski definition) is 1. The lowest BCUT2D eigenvalue weighted by Crippen LogP contribution is -2.49. The van der Waals surface area contributed by atoms with Crippen LogP contribution in [0.5, 0.6) is 0 Å². The Bertz CT molecular complexity index is 604. The quantitative estimate of drug-likeness (QED) is 0.909. The Balaban J connectivity index is 1.77. The summed E-state index contributed by atoms with van der Waals surface area (Å²) >= 11 is 0. The Kier molecular flexibility index (Phi) is 5.49. The third-order valence-electron chi connectivity index (χ3n) is 4.64. The Morgan fingerprint density at radius 3 is 2.04 bits per heavy atom. The van der Waals surface area contributed by atoms with Crippen molar-refractivity contribution in [2.75, 3.05) is 13.1 Å². The van der Waals surface area contributed by atoms with Crippen LogP contribution in [0.25, 0.3) is 0 Å². The third-order valence-corrected chi connectivity index (χ3v) is 4.64. The summed E-state index contributed by atoms with van der Waals surface area (Å²) in [6, 6.07) is 21.1. The van der Waals surface area contributed by atoms with E-state index in [4.69, 9.17) is 0 Å². The van der Waals surface area contributed by atoms with Crippen LogP contribution in [0.2, 0.25) is 0 Å². The van der Waals surface area contributed by atoms with Crippen molar-refractivity contribution in [3.63, 3.8) is 0 Å². The molecule has 1 fully saturated rings. The maximum Gasteiger partial charge on any atom is 0.407 e. The van der Waals surface area contributed by atoms with Crippen molar-refractivity contribution in [2.45, 2.75) is 32.0 Å². The molecule has 0 saturated carbocycles. The van der Waals surface area contributed by atoms with Crippen LogP contribution in [0.1, 0.15) is 24.0 Å². The van der Waals surface area contributed by atoms with Gasteiger partial charge in [0.25, 0.3) is 0 Å². The van der Waals surface area contributed by atoms with Crippen molar-refractivity contribution >= 4 is 6.09 Å². The Labute approximate surface area is 143 Å². The molecular weight excluding hydrogens is 300 g/mol. The number of nitrogens with zero attached hydrogens (tertiary/aromatic N) is 2. The fraction of sp³-hybridized carbons (Fsp3) is 0.350. The summed E-state index contributed by atoms with van der Waals surface area (Å²) in [7, 11) is 0. The van der Waals surface area contributed by atoms with Crippen molar-refractivity contribution in [3.05, 3.63) is 71.8 Å². The minimum absolute atomic E-state index is 0.260. The number of piperidine rings is 1. The molecule has 2 aromatic carbocycles. The summed E-state index contributed by atoms with van der Waals surface area (Å²) in [6.45, 7) is 2.92. The summed E-state index contributed by atoms with van der Waals surface area (Å²) < 4.78 is 0. The number of benzene rings is 2. The zero-order valence-electron chi connectivity index (χ0n) is 13.8. The van der Waals surface area contributed by atoms with E-state index in [0.717, 1.165) is 25.9 Å². The van der Waals surface area contributed by atoms with Gasteiger partial charge in [0.05, 0.1) is 0 Å². The summed E-state index contributed by atoms with van der Waals surface area (Å²) in [5, 5.41) is 9.32. The number of likely N-dealkylation sites (tertiary alicyclic amines) is 1. The highest BCUT2D eigenvalue weighted by Gasteiger charge is 2.27. The van der Waals surface area contributed by atoms with Crippen molar-refractivity contribution in [1.82, 2.24) is 9.80 Å². The van der Waals surface area contributed by atoms with Crippen LogP contribution >= 0.6 is 0 Å². The van der Waals surface area contributed by atoms with Gasteiger partial charge >= 0.3 is 6.09 Å². The zero-order valence-corrected chi connectivity index (χ0v) is 13.8. The Hall–Kier alpha value is -2.33. The Morgan fingerprint density at radius 1 is 1.00 bits per heavy atom. The first-order chi connectivity index (χ1) is 11.7. The maximum absolute atomic E-state index is 11.3. The average Bonchev–Trinajstić information content (AvgIpc) is 2.63. The second kappa shape index (κ2) is 7.97. The van der Waals surface area contributed by atoms with E-state index in [1.54, 1.807) is 4.90 Å². The molecule has 1 aliphatic heterocycles. The number of amides is 1. The molecule has 4 heteroatoms. The molecule has 1 aliphatic rings. The van der Waals surface area contributed by atoms with E-state index in [1.807, 2.05) is 12.1 Å². The summed E-state index contributed by atoms with van der Waals surface area (Å²) in [6.07, 6.45) is 1.17. The molecule has 1 amide bonds. The van der Waals surface area contributed by atoms with Gasteiger partial charge in [-0.15, -0.1) is 0 Å². The highest BCUT2D eigenvalue weighted by atomic mass is 16.4. The van der Waals surface area contributed by atoms with Crippen LogP contribution in [0, 0.1) is 0 Å². The molecule has 126 valence electrons. The normalized spacial score (nSPS) is 17.9. The molecule has 1 heterocycles. The van der Waals surface area contributed by atoms with Crippen LogP contribution in [0.4, 0.5) is 4.79 Å². The first kappa shape index (κ1) is 16.5. The number of carbonyl (C=O) groups is 1. The molecule has 24 heavy (non-hydrogen) atoms. The lowest BCUT2D eigenvalue weighted by atomic mass is 10.0. The molecule has 4 nitrogen and oxygen atoms in total. The van der Waals surface area contributed by atoms with E-state index in [2.05, 4.69) is 53.4 Å². The number of carboxylic acid groups (broad SMARTS) is 1. The average molecular weight is 324 g/mol. The molecule has 0 radical (unpaired) electrons. The monoisotopic (exact) mass is 324 g/mol. The van der Waals surface area contributed by atoms with Crippen molar-refractivity contribution in [1.29, 1.82) is 0 Å². The lowest BCUT2D eigenvalue weighted by Gasteiger charge is -2.38. The topological polar surface area (TPSA) is 43.8 Å². The molecule has 1 atom stereocenters. The maximum atomic E-state index is 11.3. The second-order valence-electron chi connectivity index (χ2n) is 6.40. The minimum Gasteiger partial charge on any atom is -0.465 e. The van der Waals surface area contributed by atoms with Gasteiger partial charge in [-0.25, -0.2) is 4.79 Å². The molecule has 3 rings (SSSR count). The van der Waals surface area contributed by atoms with Gasteiger partial charge in [0.2, 0.25) is 0 Å². The smallest absolute Gasteiger partial charge is 0.407 e. The van der Waals surface area contributed by atoms with Crippen LogP contribution in [0.15, 0.2) is 60.7 Å². The largest absolute Gasteiger partial charge is 0.465 e. The van der Waals surface area contributed by atoms with Crippen LogP contribution < -0.4 is 0 Å². The minimum atomic E-state index is -0.806. The molecule has 1 N–H and O–H groups in total. The van der Waals surface area contributed by atoms with E-state index in [9.17, 15) is 9.90 Å². The lowest BCUT2D eigenvalue weighted by molar-refractivity contribution is 0.0783. The molecule has 0 bridgehead atoms. The number of rotatable bonds is 5. The standard InChI is InChI=1S/C20H24N2O2/c23-20(24)21-13-7-12-19(16-21)22(14-17-8-3-1-4-9-17)15-18-10-5-2-6-11-18/h1-6,8-11,19H,7,12-16H2,(H,23,24). The van der Waals surface area contributed by atoms with E-state index in [0.29, 0.717) is 13.1 Å². The van der Waals surface area contributed by atoms with Gasteiger partial charge < -0.3 is 10.0 Å². The fourth-order valence-corrected chi connectivity index (χ4v) is 3.38. The molecule has 1 unspecified atom stereocenters. The van der Waals surface area contributed by atoms with Gasteiger partial charge in [-0.2, -0.15) is 0 Å². The molecule has 0 aromatic heterocycles. The first-order valence-electron chi connectivity index (χ1n) is 8.52. The van der Waals surface area contributed by atoms with Crippen LogP contribution in [0.3, 0.4) is 0 Å². The van der Waals surface area contributed by atoms with Gasteiger partial charge in [0.1, 0.15) is 0 Å². The van der Waals surface area contributed by atoms with Crippen molar-refractivity contribution in [3.8, 4) is 0 Å². The molecule has 2 aromatic rings. The summed E-state index contributed by atoms with van der Waals surface area (Å²) in [5.41, 5.74) is 2.53. The Morgan fingerprint density at radius 2 is 1.54 bits per heavy atom. The van der Waals surface area contributed by atoms with E-state index in [-0.39, 0.29) is 6.04 Å². The van der Waals surface area contributed by atoms with E-state index in [1.165, 1.54) is 11.1 Å². The second-order valence-corrected chi connectivity index (χ2v) is 6.40. The molecule has 0 aliphatic carbocycles. The fourth-order valence-electron chi connectivity index (χ4n) is 3.38. The van der Waals surface area contributed by atoms with Gasteiger partial charge in [0, 0.05) is 32.2 Å². The first-order valence-corrected chi connectivity index (χ1v) is 8.52. The molecule has 1 saturated heterocycles. The van der Waals surface area contributed by atoms with E-state index >= 15 is 0 Å². The SMILES string of the molecule is O=C(O)N1CCCC(N(Cc2ccccc2)Cc2ccccc2)C1. The summed E-state index contributed by atoms with van der Waals surface area (Å²) in [4.78, 5) is 15.3. The summed E-state index contributed by atoms with van der Waals surface area (Å²) in [5.74, 6) is 0. The molecule has 0 spiro atoms. The van der Waals surface area contributed by atoms with Crippen LogP contribution in [-0.4, -0.2) is 40.1 Å². The highest BCUT2D eigenvalue weighted by Crippen LogP contribution is 2.21. The third kappa shape index (κ3) is 4.36. The van der Waals surface area contributed by atoms with Crippen molar-refractivity contribution < 1.29 is 9.90 Å². The van der Waals surface area contributed by atoms with Gasteiger partial charge in [0.15, 0.2) is 0 Å². The van der Waals surface area contributed by atoms with Crippen molar-refractivity contribution in [2.24, 2.45) is 0 Å². The molecular formula is C20H24N2O2. The van der Waals surface area contributed by atoms with Gasteiger partial charge in [-0.3, -0.25) is 4.90 Å². The predicted molar refractivity (Wildman–Crippen MR) is 94.8 cm³/mol. The predicted octanol–water partition coefficient (Wildman–Crippen LogP) is 3.83. The zero-order chi connectivity index (χ0) is 16.8. The van der Waals surface area contributed by atoms with Gasteiger partial charge in [-0.1, -0.05) is 60.7 Å². The van der Waals surface area contributed by atoms with Crippen LogP contribution in [-0.2, 0) is 13.1 Å². The highest BCUT2D eigenvalue weighted by molar-refractivity contribution is 5.65. The van der Waals surface area contributed by atoms with Gasteiger partial charge in [-0.05, 0) is 24.0 Å². The number of hydrogen-bond acceptors (Lipinski definition) is 2. The van der Waals surface area contributed by atoms with E-state index < -0.39 is 6.09 Å².